The molecule has 0 spiro atoms. The Morgan fingerprint density at radius 2 is 1.80 bits per heavy atom. The molecule has 8 nitrogen and oxygen atoms in total. The quantitative estimate of drug-likeness (QED) is 0.323. The molecule has 1 atom stereocenters. The lowest BCUT2D eigenvalue weighted by atomic mass is 10.0. The minimum absolute atomic E-state index is 0. The number of amides is 1. The Hall–Kier alpha value is -2.69. The van der Waals surface area contributed by atoms with Crippen LogP contribution in [-0.4, -0.2) is 38.2 Å². The van der Waals surface area contributed by atoms with Gasteiger partial charge < -0.3 is 30.6 Å². The summed E-state index contributed by atoms with van der Waals surface area (Å²) in [6.07, 6.45) is 1.56. The number of hydrogen-bond acceptors (Lipinski definition) is 5. The molecule has 160 valence electrons. The third-order valence-electron chi connectivity index (χ3n) is 4.71. The van der Waals surface area contributed by atoms with Gasteiger partial charge in [0.05, 0.1) is 25.9 Å². The maximum atomic E-state index is 12.3. The predicted molar refractivity (Wildman–Crippen MR) is 125 cm³/mol. The molecule has 4 N–H and O–H groups in total. The molecule has 0 fully saturated rings. The number of nitrogens with zero attached hydrogens (tertiary/aromatic N) is 1. The van der Waals surface area contributed by atoms with Gasteiger partial charge in [-0.2, -0.15) is 0 Å². The number of guanidine groups is 1. The topological polar surface area (TPSA) is 107 Å². The van der Waals surface area contributed by atoms with E-state index >= 15 is 0 Å². The van der Waals surface area contributed by atoms with Crippen LogP contribution >= 0.6 is 24.0 Å². The van der Waals surface area contributed by atoms with Crippen molar-refractivity contribution in [2.24, 2.45) is 10.7 Å². The van der Waals surface area contributed by atoms with Gasteiger partial charge in [0, 0.05) is 30.2 Å². The van der Waals surface area contributed by atoms with Crippen molar-refractivity contribution in [2.45, 2.75) is 18.9 Å². The van der Waals surface area contributed by atoms with Crippen molar-refractivity contribution in [3.63, 3.8) is 0 Å². The molecule has 0 aliphatic carbocycles. The summed E-state index contributed by atoms with van der Waals surface area (Å²) in [6.45, 7) is 1.74. The number of carbonyl (C=O) groups is 1. The zero-order valence-corrected chi connectivity index (χ0v) is 18.8. The molecule has 0 aromatic heterocycles. The van der Waals surface area contributed by atoms with Gasteiger partial charge in [-0.05, 0) is 18.2 Å². The first-order valence-electron chi connectivity index (χ1n) is 9.67. The number of halogens is 1. The number of nitrogens with two attached hydrogens (primary N) is 1. The Bertz CT molecular complexity index is 922. The average Bonchev–Trinajstić information content (AvgIpc) is 2.98. The third-order valence-corrected chi connectivity index (χ3v) is 4.71. The number of rotatable bonds is 4. The van der Waals surface area contributed by atoms with Crippen LogP contribution in [0.15, 0.2) is 47.5 Å². The van der Waals surface area contributed by atoms with Crippen molar-refractivity contribution in [1.29, 1.82) is 0 Å². The lowest BCUT2D eigenvalue weighted by molar-refractivity contribution is -0.120. The fourth-order valence-corrected chi connectivity index (χ4v) is 3.32. The average molecular weight is 524 g/mol. The number of aliphatic imine (C=N–C) groups is 1. The van der Waals surface area contributed by atoms with Crippen LogP contribution in [0.4, 0.5) is 5.69 Å². The molecule has 0 saturated heterocycles. The fourth-order valence-electron chi connectivity index (χ4n) is 3.32. The molecule has 2 heterocycles. The fraction of sp³-hybridized carbons (Fsp3) is 0.333. The van der Waals surface area contributed by atoms with Crippen LogP contribution in [0.3, 0.4) is 0 Å². The maximum absolute atomic E-state index is 12.3. The highest BCUT2D eigenvalue weighted by molar-refractivity contribution is 14.0. The molecule has 2 aromatic carbocycles. The van der Waals surface area contributed by atoms with Crippen molar-refractivity contribution >= 4 is 41.5 Å². The highest BCUT2D eigenvalue weighted by Gasteiger charge is 2.22. The van der Waals surface area contributed by atoms with E-state index in [-0.39, 0.29) is 48.4 Å². The van der Waals surface area contributed by atoms with Gasteiger partial charge in [0.15, 0.2) is 17.5 Å². The van der Waals surface area contributed by atoms with E-state index < -0.39 is 0 Å². The molecule has 4 rings (SSSR count). The van der Waals surface area contributed by atoms with Crippen LogP contribution in [0.1, 0.15) is 24.4 Å². The Morgan fingerprint density at radius 1 is 1.03 bits per heavy atom. The van der Waals surface area contributed by atoms with E-state index in [1.54, 1.807) is 0 Å². The summed E-state index contributed by atoms with van der Waals surface area (Å²) in [6, 6.07) is 13.1. The molecule has 30 heavy (non-hydrogen) atoms. The molecule has 0 saturated carbocycles. The number of ether oxygens (including phenoxy) is 3. The van der Waals surface area contributed by atoms with Gasteiger partial charge in [-0.3, -0.25) is 4.79 Å². The molecule has 9 heteroatoms. The third kappa shape index (κ3) is 5.47. The minimum atomic E-state index is -0.199. The first kappa shape index (κ1) is 22.0. The van der Waals surface area contributed by atoms with Crippen LogP contribution in [-0.2, 0) is 4.79 Å². The van der Waals surface area contributed by atoms with Crippen molar-refractivity contribution in [3.05, 3.63) is 48.0 Å². The zero-order valence-electron chi connectivity index (χ0n) is 16.4. The van der Waals surface area contributed by atoms with E-state index in [1.165, 1.54) is 0 Å². The van der Waals surface area contributed by atoms with E-state index in [0.29, 0.717) is 37.0 Å². The van der Waals surface area contributed by atoms with Crippen LogP contribution in [0.5, 0.6) is 17.2 Å². The van der Waals surface area contributed by atoms with Crippen LogP contribution in [0.25, 0.3) is 0 Å². The van der Waals surface area contributed by atoms with Crippen LogP contribution in [0, 0.1) is 0 Å². The highest BCUT2D eigenvalue weighted by atomic mass is 127. The van der Waals surface area contributed by atoms with Crippen molar-refractivity contribution < 1.29 is 19.0 Å². The van der Waals surface area contributed by atoms with Gasteiger partial charge in [0.2, 0.25) is 5.91 Å². The molecular formula is C21H25IN4O4. The Balaban J connectivity index is 0.00000256. The predicted octanol–water partition coefficient (Wildman–Crippen LogP) is 2.83. The largest absolute Gasteiger partial charge is 0.493 e. The summed E-state index contributed by atoms with van der Waals surface area (Å²) in [4.78, 5) is 16.5. The van der Waals surface area contributed by atoms with Crippen molar-refractivity contribution in [2.75, 3.05) is 31.7 Å². The SMILES string of the molecule is I.NC(=NCC(=O)NC1CCOc2ccccc21)Nc1ccc2c(c1)OCCCO2. The van der Waals surface area contributed by atoms with Gasteiger partial charge in [-0.25, -0.2) is 4.99 Å². The first-order chi connectivity index (χ1) is 14.2. The Kier molecular flexibility index (Phi) is 7.61. The number of carbonyl (C=O) groups excluding carboxylic acids is 1. The van der Waals surface area contributed by atoms with Gasteiger partial charge >= 0.3 is 0 Å². The number of para-hydroxylation sites is 1. The van der Waals surface area contributed by atoms with E-state index in [4.69, 9.17) is 19.9 Å². The molecule has 1 unspecified atom stereocenters. The van der Waals surface area contributed by atoms with Gasteiger partial charge in [0.25, 0.3) is 0 Å². The Morgan fingerprint density at radius 3 is 2.67 bits per heavy atom. The summed E-state index contributed by atoms with van der Waals surface area (Å²) in [5.41, 5.74) is 7.64. The van der Waals surface area contributed by atoms with Gasteiger partial charge in [0.1, 0.15) is 12.3 Å². The normalized spacial score (nSPS) is 17.5. The van der Waals surface area contributed by atoms with Crippen molar-refractivity contribution in [3.8, 4) is 17.2 Å². The summed E-state index contributed by atoms with van der Waals surface area (Å²) in [5.74, 6) is 2.14. The molecule has 1 amide bonds. The standard InChI is InChI=1S/C21H24N4O4.HI/c22-21(24-14-6-7-18-19(12-14)28-10-3-9-27-18)23-13-20(26)25-16-8-11-29-17-5-2-1-4-15(16)17;/h1-2,4-7,12,16H,3,8-11,13H2,(H,25,26)(H3,22,23,24);1H. The number of benzene rings is 2. The summed E-state index contributed by atoms with van der Waals surface area (Å²) in [5, 5.41) is 5.98. The first-order valence-corrected chi connectivity index (χ1v) is 9.67. The molecule has 2 aromatic rings. The smallest absolute Gasteiger partial charge is 0.242 e. The molecule has 2 aliphatic rings. The van der Waals surface area contributed by atoms with E-state index in [2.05, 4.69) is 15.6 Å². The lowest BCUT2D eigenvalue weighted by Crippen LogP contribution is -2.34. The van der Waals surface area contributed by atoms with Crippen LogP contribution < -0.4 is 30.6 Å². The second kappa shape index (κ2) is 10.4. The molecule has 0 radical (unpaired) electrons. The summed E-state index contributed by atoms with van der Waals surface area (Å²) < 4.78 is 16.9. The van der Waals surface area contributed by atoms with E-state index in [1.807, 2.05) is 42.5 Å². The minimum Gasteiger partial charge on any atom is -0.493 e. The summed E-state index contributed by atoms with van der Waals surface area (Å²) >= 11 is 0. The maximum Gasteiger partial charge on any atom is 0.242 e. The Labute approximate surface area is 192 Å². The number of hydrogen-bond donors (Lipinski definition) is 3. The number of anilines is 1. The highest BCUT2D eigenvalue weighted by Crippen LogP contribution is 2.32. The molecular weight excluding hydrogens is 499 g/mol. The second-order valence-electron chi connectivity index (χ2n) is 6.83. The zero-order chi connectivity index (χ0) is 20.1. The number of nitrogens with one attached hydrogen (secondary N) is 2. The van der Waals surface area contributed by atoms with Gasteiger partial charge in [-0.15, -0.1) is 24.0 Å². The number of fused-ring (bicyclic) bond motifs is 2. The monoisotopic (exact) mass is 524 g/mol. The second-order valence-corrected chi connectivity index (χ2v) is 6.83. The van der Waals surface area contributed by atoms with Crippen molar-refractivity contribution in [1.82, 2.24) is 5.32 Å². The van der Waals surface area contributed by atoms with Gasteiger partial charge in [-0.1, -0.05) is 18.2 Å². The van der Waals surface area contributed by atoms with E-state index in [9.17, 15) is 4.79 Å². The van der Waals surface area contributed by atoms with Crippen LogP contribution in [0.2, 0.25) is 0 Å². The molecule has 0 bridgehead atoms. The summed E-state index contributed by atoms with van der Waals surface area (Å²) in [7, 11) is 0. The lowest BCUT2D eigenvalue weighted by Gasteiger charge is -2.26. The van der Waals surface area contributed by atoms with E-state index in [0.717, 1.165) is 24.2 Å². The molecule has 2 aliphatic heterocycles.